The van der Waals surface area contributed by atoms with Crippen molar-refractivity contribution in [1.82, 2.24) is 10.3 Å². The fourth-order valence-corrected chi connectivity index (χ4v) is 1.81. The molecule has 0 saturated heterocycles. The summed E-state index contributed by atoms with van der Waals surface area (Å²) in [7, 11) is 0. The lowest BCUT2D eigenvalue weighted by Crippen LogP contribution is -2.34. The van der Waals surface area contributed by atoms with E-state index in [4.69, 9.17) is 11.6 Å². The largest absolute Gasteiger partial charge is 0.435 e. The number of aromatic nitrogens is 1. The third-order valence-electron chi connectivity index (χ3n) is 2.57. The zero-order valence-corrected chi connectivity index (χ0v) is 12.2. The van der Waals surface area contributed by atoms with Crippen molar-refractivity contribution in [3.05, 3.63) is 53.3 Å². The first-order valence-electron chi connectivity index (χ1n) is 6.23. The highest BCUT2D eigenvalue weighted by atomic mass is 35.5. The van der Waals surface area contributed by atoms with Crippen molar-refractivity contribution in [2.45, 2.75) is 6.61 Å². The zero-order chi connectivity index (χ0) is 16.8. The van der Waals surface area contributed by atoms with Gasteiger partial charge in [0.1, 0.15) is 10.9 Å². The standard InChI is InChI=1S/C14H10ClF2N3O3/c15-11-10(2-1-7-18-11)12(21)20-14(22)19-8-3-5-9(6-4-8)23-13(16)17/h1-7,13H,(H2,19,20,21,22). The normalized spacial score (nSPS) is 10.3. The molecule has 1 aromatic carbocycles. The Morgan fingerprint density at radius 1 is 1.17 bits per heavy atom. The van der Waals surface area contributed by atoms with Gasteiger partial charge in [0.25, 0.3) is 5.91 Å². The van der Waals surface area contributed by atoms with E-state index in [1.165, 1.54) is 42.6 Å². The maximum absolute atomic E-state index is 12.0. The van der Waals surface area contributed by atoms with E-state index in [1.54, 1.807) is 0 Å². The van der Waals surface area contributed by atoms with Gasteiger partial charge in [-0.3, -0.25) is 10.1 Å². The number of hydrogen-bond donors (Lipinski definition) is 2. The van der Waals surface area contributed by atoms with Crippen molar-refractivity contribution in [1.29, 1.82) is 0 Å². The SMILES string of the molecule is O=C(NC(=O)c1cccnc1Cl)Nc1ccc(OC(F)F)cc1. The van der Waals surface area contributed by atoms with E-state index in [0.29, 0.717) is 0 Å². The van der Waals surface area contributed by atoms with Gasteiger partial charge in [-0.15, -0.1) is 0 Å². The summed E-state index contributed by atoms with van der Waals surface area (Å²) >= 11 is 5.74. The van der Waals surface area contributed by atoms with E-state index in [1.807, 2.05) is 0 Å². The van der Waals surface area contributed by atoms with Crippen LogP contribution in [0.4, 0.5) is 19.3 Å². The number of alkyl halides is 2. The van der Waals surface area contributed by atoms with Crippen LogP contribution in [-0.2, 0) is 0 Å². The van der Waals surface area contributed by atoms with Gasteiger partial charge >= 0.3 is 12.6 Å². The number of anilines is 1. The lowest BCUT2D eigenvalue weighted by atomic mass is 10.2. The number of imide groups is 1. The molecule has 2 aromatic rings. The average molecular weight is 342 g/mol. The van der Waals surface area contributed by atoms with Gasteiger partial charge in [0.2, 0.25) is 0 Å². The van der Waals surface area contributed by atoms with Gasteiger partial charge in [-0.2, -0.15) is 8.78 Å². The number of halogens is 3. The first-order valence-corrected chi connectivity index (χ1v) is 6.61. The molecule has 2 rings (SSSR count). The van der Waals surface area contributed by atoms with Crippen LogP contribution in [0.2, 0.25) is 5.15 Å². The molecule has 120 valence electrons. The summed E-state index contributed by atoms with van der Waals surface area (Å²) in [6, 6.07) is 7.30. The molecule has 0 atom stereocenters. The third-order valence-corrected chi connectivity index (χ3v) is 2.87. The molecule has 0 aliphatic rings. The van der Waals surface area contributed by atoms with Crippen LogP contribution >= 0.6 is 11.6 Å². The number of carbonyl (C=O) groups is 2. The first-order chi connectivity index (χ1) is 11.0. The van der Waals surface area contributed by atoms with Gasteiger partial charge in [-0.1, -0.05) is 11.6 Å². The number of hydrogen-bond acceptors (Lipinski definition) is 4. The van der Waals surface area contributed by atoms with Crippen molar-refractivity contribution in [3.8, 4) is 5.75 Å². The van der Waals surface area contributed by atoms with Crippen molar-refractivity contribution in [2.75, 3.05) is 5.32 Å². The van der Waals surface area contributed by atoms with Crippen LogP contribution in [0.1, 0.15) is 10.4 Å². The quantitative estimate of drug-likeness (QED) is 0.836. The predicted molar refractivity (Wildman–Crippen MR) is 78.8 cm³/mol. The van der Waals surface area contributed by atoms with Crippen molar-refractivity contribution < 1.29 is 23.1 Å². The van der Waals surface area contributed by atoms with Crippen LogP contribution < -0.4 is 15.4 Å². The minimum atomic E-state index is -2.93. The van der Waals surface area contributed by atoms with Gasteiger partial charge in [0.15, 0.2) is 0 Å². The summed E-state index contributed by atoms with van der Waals surface area (Å²) in [5, 5.41) is 4.40. The number of carbonyl (C=O) groups excluding carboxylic acids is 2. The summed E-state index contributed by atoms with van der Waals surface area (Å²) < 4.78 is 28.2. The summed E-state index contributed by atoms with van der Waals surface area (Å²) in [6.07, 6.45) is 1.40. The predicted octanol–water partition coefficient (Wildman–Crippen LogP) is 3.30. The highest BCUT2D eigenvalue weighted by molar-refractivity contribution is 6.33. The first kappa shape index (κ1) is 16.6. The van der Waals surface area contributed by atoms with Crippen LogP contribution in [-0.4, -0.2) is 23.5 Å². The second-order valence-electron chi connectivity index (χ2n) is 4.15. The van der Waals surface area contributed by atoms with Crippen LogP contribution in [0.5, 0.6) is 5.75 Å². The molecule has 0 aliphatic heterocycles. The maximum Gasteiger partial charge on any atom is 0.387 e. The highest BCUT2D eigenvalue weighted by Gasteiger charge is 2.14. The smallest absolute Gasteiger partial charge is 0.387 e. The molecule has 23 heavy (non-hydrogen) atoms. The fourth-order valence-electron chi connectivity index (χ4n) is 1.61. The second kappa shape index (κ2) is 7.50. The molecule has 2 N–H and O–H groups in total. The number of ether oxygens (including phenoxy) is 1. The molecule has 3 amide bonds. The minimum Gasteiger partial charge on any atom is -0.435 e. The number of nitrogens with one attached hydrogen (secondary N) is 2. The Labute approximate surface area is 134 Å². The van der Waals surface area contributed by atoms with Crippen molar-refractivity contribution in [2.24, 2.45) is 0 Å². The molecular weight excluding hydrogens is 332 g/mol. The van der Waals surface area contributed by atoms with E-state index in [9.17, 15) is 18.4 Å². The molecule has 1 heterocycles. The molecule has 0 bridgehead atoms. The topological polar surface area (TPSA) is 80.3 Å². The van der Waals surface area contributed by atoms with Crippen LogP contribution in [0, 0.1) is 0 Å². The summed E-state index contributed by atoms with van der Waals surface area (Å²) in [6.45, 7) is -2.93. The Kier molecular flexibility index (Phi) is 5.42. The number of nitrogens with zero attached hydrogens (tertiary/aromatic N) is 1. The van der Waals surface area contributed by atoms with Gasteiger partial charge in [0.05, 0.1) is 5.56 Å². The van der Waals surface area contributed by atoms with Gasteiger partial charge < -0.3 is 10.1 Å². The lowest BCUT2D eigenvalue weighted by molar-refractivity contribution is -0.0498. The van der Waals surface area contributed by atoms with E-state index >= 15 is 0 Å². The van der Waals surface area contributed by atoms with Crippen LogP contribution in [0.25, 0.3) is 0 Å². The van der Waals surface area contributed by atoms with E-state index < -0.39 is 18.5 Å². The van der Waals surface area contributed by atoms with E-state index in [0.717, 1.165) is 0 Å². The summed E-state index contributed by atoms with van der Waals surface area (Å²) in [4.78, 5) is 27.3. The molecule has 0 spiro atoms. The maximum atomic E-state index is 12.0. The number of rotatable bonds is 4. The van der Waals surface area contributed by atoms with Crippen molar-refractivity contribution >= 4 is 29.2 Å². The number of amides is 3. The lowest BCUT2D eigenvalue weighted by Gasteiger charge is -2.08. The molecule has 6 nitrogen and oxygen atoms in total. The third kappa shape index (κ3) is 4.89. The number of pyridine rings is 1. The summed E-state index contributed by atoms with van der Waals surface area (Å²) in [5.41, 5.74) is 0.333. The van der Waals surface area contributed by atoms with E-state index in [-0.39, 0.29) is 22.2 Å². The Morgan fingerprint density at radius 2 is 1.87 bits per heavy atom. The second-order valence-corrected chi connectivity index (χ2v) is 4.51. The Bertz CT molecular complexity index is 711. The molecule has 1 aromatic heterocycles. The highest BCUT2D eigenvalue weighted by Crippen LogP contribution is 2.17. The van der Waals surface area contributed by atoms with E-state index in [2.05, 4.69) is 20.4 Å². The Hall–Kier alpha value is -2.74. The molecule has 0 radical (unpaired) electrons. The Morgan fingerprint density at radius 3 is 2.48 bits per heavy atom. The molecule has 0 fully saturated rings. The van der Waals surface area contributed by atoms with Gasteiger partial charge in [-0.25, -0.2) is 9.78 Å². The number of urea groups is 1. The Balaban J connectivity index is 1.94. The van der Waals surface area contributed by atoms with Crippen LogP contribution in [0.15, 0.2) is 42.6 Å². The fraction of sp³-hybridized carbons (Fsp3) is 0.0714. The average Bonchev–Trinajstić information content (AvgIpc) is 2.49. The molecule has 0 unspecified atom stereocenters. The molecule has 0 aliphatic carbocycles. The molecule has 0 saturated carbocycles. The van der Waals surface area contributed by atoms with Crippen molar-refractivity contribution in [3.63, 3.8) is 0 Å². The zero-order valence-electron chi connectivity index (χ0n) is 11.4. The van der Waals surface area contributed by atoms with Crippen LogP contribution in [0.3, 0.4) is 0 Å². The summed E-state index contributed by atoms with van der Waals surface area (Å²) in [5.74, 6) is -0.776. The number of benzene rings is 1. The minimum absolute atomic E-state index is 0.0358. The molecular formula is C14H10ClF2N3O3. The van der Waals surface area contributed by atoms with Gasteiger partial charge in [-0.05, 0) is 36.4 Å². The molecule has 9 heteroatoms. The monoisotopic (exact) mass is 341 g/mol. The van der Waals surface area contributed by atoms with Gasteiger partial charge in [0, 0.05) is 11.9 Å².